The molecular weight excluding hydrogens is 338 g/mol. The highest BCUT2D eigenvalue weighted by Gasteiger charge is 2.29. The number of carbonyl (C=O) groups is 3. The van der Waals surface area contributed by atoms with E-state index in [9.17, 15) is 14.4 Å². The lowest BCUT2D eigenvalue weighted by Crippen LogP contribution is -2.46. The molecule has 0 saturated carbocycles. The summed E-state index contributed by atoms with van der Waals surface area (Å²) < 4.78 is 0. The highest BCUT2D eigenvalue weighted by Crippen LogP contribution is 2.38. The Morgan fingerprint density at radius 1 is 1.43 bits per heavy atom. The van der Waals surface area contributed by atoms with Gasteiger partial charge in [-0.25, -0.2) is 0 Å². The van der Waals surface area contributed by atoms with E-state index < -0.39 is 11.3 Å². The Morgan fingerprint density at radius 2 is 2.17 bits per heavy atom. The van der Waals surface area contributed by atoms with E-state index in [-0.39, 0.29) is 24.1 Å². The number of amides is 3. The van der Waals surface area contributed by atoms with Gasteiger partial charge in [0.1, 0.15) is 6.04 Å². The maximum Gasteiger partial charge on any atom is 0.242 e. The highest BCUT2D eigenvalue weighted by atomic mass is 35.5. The number of rotatable bonds is 5. The molecule has 6 nitrogen and oxygen atoms in total. The van der Waals surface area contributed by atoms with E-state index in [1.165, 1.54) is 11.8 Å². The fraction of sp³-hybridized carbons (Fsp3) is 0.400. The Kier molecular flexibility index (Phi) is 5.90. The van der Waals surface area contributed by atoms with E-state index >= 15 is 0 Å². The molecule has 0 spiro atoms. The molecule has 1 aliphatic rings. The zero-order valence-electron chi connectivity index (χ0n) is 12.8. The molecule has 124 valence electrons. The Bertz CT molecular complexity index is 638. The third kappa shape index (κ3) is 4.62. The van der Waals surface area contributed by atoms with Crippen molar-refractivity contribution in [2.75, 3.05) is 11.9 Å². The van der Waals surface area contributed by atoms with Crippen LogP contribution in [0.25, 0.3) is 0 Å². The molecule has 1 aromatic rings. The van der Waals surface area contributed by atoms with Crippen LogP contribution >= 0.6 is 23.4 Å². The maximum atomic E-state index is 12.1. The first-order chi connectivity index (χ1) is 10.9. The van der Waals surface area contributed by atoms with Crippen molar-refractivity contribution in [1.82, 2.24) is 10.6 Å². The lowest BCUT2D eigenvalue weighted by Gasteiger charge is -2.24. The van der Waals surface area contributed by atoms with Gasteiger partial charge in [0, 0.05) is 22.9 Å². The van der Waals surface area contributed by atoms with Gasteiger partial charge in [-0.15, -0.1) is 11.8 Å². The predicted molar refractivity (Wildman–Crippen MR) is 90.6 cm³/mol. The number of likely N-dealkylation sites (N-methyl/N-ethyl adjacent to an activating group) is 1. The zero-order chi connectivity index (χ0) is 17.0. The van der Waals surface area contributed by atoms with E-state index in [2.05, 4.69) is 16.0 Å². The molecule has 23 heavy (non-hydrogen) atoms. The summed E-state index contributed by atoms with van der Waals surface area (Å²) in [6, 6.07) is 4.59. The number of benzene rings is 1. The summed E-state index contributed by atoms with van der Waals surface area (Å²) in [4.78, 5) is 36.6. The molecule has 2 atom stereocenters. The lowest BCUT2D eigenvalue weighted by molar-refractivity contribution is -0.129. The van der Waals surface area contributed by atoms with Crippen LogP contribution in [0.2, 0.25) is 5.02 Å². The largest absolute Gasteiger partial charge is 0.355 e. The molecular formula is C15H18ClN3O3S. The van der Waals surface area contributed by atoms with Gasteiger partial charge in [-0.05, 0) is 32.0 Å². The van der Waals surface area contributed by atoms with Crippen molar-refractivity contribution >= 4 is 46.8 Å². The molecule has 0 bridgehead atoms. The van der Waals surface area contributed by atoms with Crippen molar-refractivity contribution in [2.45, 2.75) is 36.5 Å². The molecule has 0 fully saturated rings. The van der Waals surface area contributed by atoms with E-state index in [0.717, 1.165) is 4.90 Å². The average Bonchev–Trinajstić information content (AvgIpc) is 2.48. The van der Waals surface area contributed by atoms with Crippen LogP contribution in [-0.4, -0.2) is 35.6 Å². The van der Waals surface area contributed by atoms with Gasteiger partial charge in [-0.2, -0.15) is 0 Å². The van der Waals surface area contributed by atoms with Crippen molar-refractivity contribution in [3.8, 4) is 0 Å². The van der Waals surface area contributed by atoms with Gasteiger partial charge < -0.3 is 16.0 Å². The molecule has 1 heterocycles. The normalized spacial score (nSPS) is 17.7. The summed E-state index contributed by atoms with van der Waals surface area (Å²) in [6.45, 7) is 3.91. The average molecular weight is 356 g/mol. The molecule has 2 rings (SSSR count). The van der Waals surface area contributed by atoms with Crippen LogP contribution in [0, 0.1) is 0 Å². The van der Waals surface area contributed by atoms with Gasteiger partial charge in [0.05, 0.1) is 10.9 Å². The van der Waals surface area contributed by atoms with E-state index in [1.54, 1.807) is 26.0 Å². The van der Waals surface area contributed by atoms with Gasteiger partial charge in [0.25, 0.3) is 0 Å². The molecule has 0 saturated heterocycles. The first kappa shape index (κ1) is 17.6. The third-order valence-corrected chi connectivity index (χ3v) is 4.76. The monoisotopic (exact) mass is 355 g/mol. The van der Waals surface area contributed by atoms with Crippen molar-refractivity contribution in [3.05, 3.63) is 23.2 Å². The number of carbonyl (C=O) groups excluding carboxylic acids is 3. The van der Waals surface area contributed by atoms with Crippen molar-refractivity contribution in [2.24, 2.45) is 0 Å². The molecule has 0 aliphatic carbocycles. The van der Waals surface area contributed by atoms with Gasteiger partial charge in [-0.3, -0.25) is 14.4 Å². The van der Waals surface area contributed by atoms with Gasteiger partial charge >= 0.3 is 0 Å². The van der Waals surface area contributed by atoms with Crippen LogP contribution in [0.3, 0.4) is 0 Å². The van der Waals surface area contributed by atoms with Gasteiger partial charge in [0.15, 0.2) is 0 Å². The summed E-state index contributed by atoms with van der Waals surface area (Å²) >= 11 is 7.21. The first-order valence-corrected chi connectivity index (χ1v) is 8.50. The number of hydrogen-bond acceptors (Lipinski definition) is 4. The topological polar surface area (TPSA) is 87.3 Å². The van der Waals surface area contributed by atoms with E-state index in [1.807, 2.05) is 6.07 Å². The highest BCUT2D eigenvalue weighted by molar-refractivity contribution is 8.01. The van der Waals surface area contributed by atoms with Crippen LogP contribution in [0.5, 0.6) is 0 Å². The van der Waals surface area contributed by atoms with Crippen molar-refractivity contribution in [3.63, 3.8) is 0 Å². The Labute approximate surface area is 143 Å². The quantitative estimate of drug-likeness (QED) is 0.751. The molecule has 1 aliphatic heterocycles. The number of thioether (sulfide) groups is 1. The Hall–Kier alpha value is -1.73. The van der Waals surface area contributed by atoms with E-state index in [4.69, 9.17) is 11.6 Å². The minimum absolute atomic E-state index is 0.00229. The molecule has 1 aromatic carbocycles. The van der Waals surface area contributed by atoms with Crippen LogP contribution in [0.1, 0.15) is 20.3 Å². The standard InChI is InChI=1S/C15H18ClN3O3S/c1-3-17-14(21)8(2)18-13(20)7-12-15(22)19-10-6-9(16)4-5-11(10)23-12/h4-6,8,12H,3,7H2,1-2H3,(H,17,21)(H,18,20)(H,19,22). The third-order valence-electron chi connectivity index (χ3n) is 3.25. The molecule has 3 N–H and O–H groups in total. The van der Waals surface area contributed by atoms with Crippen LogP contribution in [0.4, 0.5) is 5.69 Å². The smallest absolute Gasteiger partial charge is 0.242 e. The van der Waals surface area contributed by atoms with Gasteiger partial charge in [-0.1, -0.05) is 11.6 Å². The summed E-state index contributed by atoms with van der Waals surface area (Å²) in [6.07, 6.45) is 0.00229. The lowest BCUT2D eigenvalue weighted by atomic mass is 10.2. The molecule has 2 unspecified atom stereocenters. The minimum Gasteiger partial charge on any atom is -0.355 e. The predicted octanol–water partition coefficient (Wildman–Crippen LogP) is 1.78. The summed E-state index contributed by atoms with van der Waals surface area (Å²) in [5.74, 6) is -0.832. The maximum absolute atomic E-state index is 12.1. The summed E-state index contributed by atoms with van der Waals surface area (Å²) in [7, 11) is 0. The Morgan fingerprint density at radius 3 is 2.87 bits per heavy atom. The number of anilines is 1. The summed E-state index contributed by atoms with van der Waals surface area (Å²) in [5, 5.41) is 7.98. The molecule has 0 radical (unpaired) electrons. The second-order valence-electron chi connectivity index (χ2n) is 5.12. The van der Waals surface area contributed by atoms with Crippen molar-refractivity contribution < 1.29 is 14.4 Å². The number of hydrogen-bond donors (Lipinski definition) is 3. The van der Waals surface area contributed by atoms with Crippen molar-refractivity contribution in [1.29, 1.82) is 0 Å². The van der Waals surface area contributed by atoms with Crippen LogP contribution in [0.15, 0.2) is 23.1 Å². The molecule has 0 aromatic heterocycles. The van der Waals surface area contributed by atoms with Gasteiger partial charge in [0.2, 0.25) is 17.7 Å². The fourth-order valence-corrected chi connectivity index (χ4v) is 3.38. The van der Waals surface area contributed by atoms with E-state index in [0.29, 0.717) is 17.3 Å². The first-order valence-electron chi connectivity index (χ1n) is 7.25. The number of fused-ring (bicyclic) bond motifs is 1. The molecule has 8 heteroatoms. The van der Waals surface area contributed by atoms with Crippen LogP contribution in [-0.2, 0) is 14.4 Å². The second kappa shape index (κ2) is 7.70. The SMILES string of the molecule is CCNC(=O)C(C)NC(=O)CC1Sc2ccc(Cl)cc2NC1=O. The molecule has 3 amide bonds. The minimum atomic E-state index is -0.634. The summed E-state index contributed by atoms with van der Waals surface area (Å²) in [5.41, 5.74) is 0.653. The fourth-order valence-electron chi connectivity index (χ4n) is 2.12. The zero-order valence-corrected chi connectivity index (χ0v) is 14.4. The van der Waals surface area contributed by atoms with Crippen LogP contribution < -0.4 is 16.0 Å². The number of nitrogens with one attached hydrogen (secondary N) is 3. The Balaban J connectivity index is 1.95. The second-order valence-corrected chi connectivity index (χ2v) is 6.81. The number of halogens is 1.